The van der Waals surface area contributed by atoms with Crippen LogP contribution in [0.15, 0.2) is 0 Å². The van der Waals surface area contributed by atoms with E-state index >= 15 is 0 Å². The number of hydrogen-bond acceptors (Lipinski definition) is 3. The monoisotopic (exact) mass is 287 g/mol. The Morgan fingerprint density at radius 3 is 2.43 bits per heavy atom. The molecule has 86 valence electrons. The van der Waals surface area contributed by atoms with E-state index in [9.17, 15) is 8.42 Å². The van der Waals surface area contributed by atoms with Gasteiger partial charge in [-0.2, -0.15) is 4.31 Å². The molecule has 0 saturated heterocycles. The minimum Gasteiger partial charge on any atom is -0.383 e. The zero-order valence-corrected chi connectivity index (χ0v) is 11.3. The van der Waals surface area contributed by atoms with Crippen molar-refractivity contribution in [2.75, 3.05) is 24.9 Å². The Hall–Kier alpha value is 0.350. The van der Waals surface area contributed by atoms with E-state index in [2.05, 4.69) is 15.9 Å². The van der Waals surface area contributed by atoms with E-state index in [1.165, 1.54) is 4.31 Å². The molecule has 0 heterocycles. The van der Waals surface area contributed by atoms with Crippen LogP contribution in [0, 0.1) is 0 Å². The molecule has 1 atom stereocenters. The smallest absolute Gasteiger partial charge is 0.224 e. The van der Waals surface area contributed by atoms with Crippen molar-refractivity contribution >= 4 is 26.0 Å². The zero-order chi connectivity index (χ0) is 11.2. The van der Waals surface area contributed by atoms with Crippen molar-refractivity contribution in [3.63, 3.8) is 0 Å². The molecule has 0 bridgehead atoms. The summed E-state index contributed by atoms with van der Waals surface area (Å²) in [6.45, 7) is 4.71. The maximum Gasteiger partial charge on any atom is 0.224 e. The molecule has 1 unspecified atom stereocenters. The molecular weight excluding hydrogens is 270 g/mol. The summed E-state index contributed by atoms with van der Waals surface area (Å²) < 4.78 is 29.6. The molecule has 0 radical (unpaired) electrons. The summed E-state index contributed by atoms with van der Waals surface area (Å²) in [5, 5.41) is 0. The lowest BCUT2D eigenvalue weighted by molar-refractivity contribution is 0.168. The Bertz CT molecular complexity index is 243. The summed E-state index contributed by atoms with van der Waals surface area (Å²) in [6, 6.07) is 0.0210. The van der Waals surface area contributed by atoms with E-state index in [-0.39, 0.29) is 10.7 Å². The number of sulfonamides is 1. The topological polar surface area (TPSA) is 46.6 Å². The first kappa shape index (κ1) is 14.3. The molecule has 6 heteroatoms. The van der Waals surface area contributed by atoms with Crippen LogP contribution in [-0.2, 0) is 14.8 Å². The molecule has 0 fully saturated rings. The van der Waals surface area contributed by atoms with Crippen LogP contribution in [0.4, 0.5) is 0 Å². The van der Waals surface area contributed by atoms with E-state index in [1.54, 1.807) is 7.11 Å². The number of halogens is 1. The largest absolute Gasteiger partial charge is 0.383 e. The molecule has 4 nitrogen and oxygen atoms in total. The third kappa shape index (κ3) is 4.25. The number of ether oxygens (including phenoxy) is 1. The second kappa shape index (κ2) is 6.76. The number of hydrogen-bond donors (Lipinski definition) is 0. The van der Waals surface area contributed by atoms with Crippen molar-refractivity contribution in [1.29, 1.82) is 0 Å². The van der Waals surface area contributed by atoms with Gasteiger partial charge in [-0.25, -0.2) is 8.42 Å². The third-order valence-electron chi connectivity index (χ3n) is 2.09. The van der Waals surface area contributed by atoms with Gasteiger partial charge in [-0.3, -0.25) is 0 Å². The normalized spacial score (nSPS) is 14.6. The van der Waals surface area contributed by atoms with Crippen LogP contribution in [-0.4, -0.2) is 43.7 Å². The summed E-state index contributed by atoms with van der Waals surface area (Å²) in [5.41, 5.74) is 0. The Morgan fingerprint density at radius 1 is 1.50 bits per heavy atom. The van der Waals surface area contributed by atoms with E-state index in [4.69, 9.17) is 4.74 Å². The highest BCUT2D eigenvalue weighted by atomic mass is 79.9. The van der Waals surface area contributed by atoms with Crippen LogP contribution in [0.5, 0.6) is 0 Å². The number of alkyl halides is 1. The lowest BCUT2D eigenvalue weighted by Crippen LogP contribution is -2.40. The minimum absolute atomic E-state index is 0.0210. The fourth-order valence-corrected chi connectivity index (χ4v) is 3.05. The van der Waals surface area contributed by atoms with Crippen molar-refractivity contribution in [2.45, 2.75) is 26.3 Å². The first-order valence-electron chi connectivity index (χ1n) is 4.54. The van der Waals surface area contributed by atoms with Gasteiger partial charge in [-0.15, -0.1) is 0 Å². The summed E-state index contributed by atoms with van der Waals surface area (Å²) in [5.74, 6) is 0. The van der Waals surface area contributed by atoms with Gasteiger partial charge in [0.05, 0.1) is 6.61 Å². The van der Waals surface area contributed by atoms with Crippen LogP contribution in [0.3, 0.4) is 0 Å². The first-order chi connectivity index (χ1) is 6.49. The number of methoxy groups -OCH3 is 1. The van der Waals surface area contributed by atoms with Crippen molar-refractivity contribution in [3.8, 4) is 0 Å². The van der Waals surface area contributed by atoms with Gasteiger partial charge in [0.15, 0.2) is 0 Å². The Balaban J connectivity index is 4.55. The number of rotatable bonds is 7. The summed E-state index contributed by atoms with van der Waals surface area (Å²) in [4.78, 5) is 0. The van der Waals surface area contributed by atoms with Crippen LogP contribution >= 0.6 is 15.9 Å². The molecular formula is C8H18BrNO3S. The zero-order valence-electron chi connectivity index (χ0n) is 8.86. The highest BCUT2D eigenvalue weighted by Crippen LogP contribution is 2.12. The highest BCUT2D eigenvalue weighted by Gasteiger charge is 2.24. The van der Waals surface area contributed by atoms with Gasteiger partial charge < -0.3 is 4.74 Å². The quantitative estimate of drug-likeness (QED) is 0.666. The number of nitrogens with zero attached hydrogens (tertiary/aromatic N) is 1. The maximum absolute atomic E-state index is 11.6. The molecule has 0 aromatic carbocycles. The lowest BCUT2D eigenvalue weighted by atomic mass is 10.3. The van der Waals surface area contributed by atoms with E-state index in [0.717, 1.165) is 6.42 Å². The van der Waals surface area contributed by atoms with Crippen molar-refractivity contribution in [1.82, 2.24) is 4.31 Å². The van der Waals surface area contributed by atoms with Gasteiger partial charge in [-0.05, 0) is 13.3 Å². The van der Waals surface area contributed by atoms with E-state index in [0.29, 0.717) is 13.2 Å². The molecule has 0 aliphatic heterocycles. The SMILES string of the molecule is CCC(C)N(CCOC)S(=O)(=O)CBr. The lowest BCUT2D eigenvalue weighted by Gasteiger charge is -2.26. The third-order valence-corrected chi connectivity index (χ3v) is 5.36. The Labute approximate surface area is 94.8 Å². The summed E-state index contributed by atoms with van der Waals surface area (Å²) in [6.07, 6.45) is 0.802. The highest BCUT2D eigenvalue weighted by molar-refractivity contribution is 9.10. The molecule has 0 saturated carbocycles. The fraction of sp³-hybridized carbons (Fsp3) is 1.00. The average Bonchev–Trinajstić information content (AvgIpc) is 2.17. The first-order valence-corrected chi connectivity index (χ1v) is 7.27. The molecule has 0 spiro atoms. The van der Waals surface area contributed by atoms with Crippen molar-refractivity contribution < 1.29 is 13.2 Å². The van der Waals surface area contributed by atoms with Crippen LogP contribution in [0.2, 0.25) is 0 Å². The predicted octanol–water partition coefficient (Wildman–Crippen LogP) is 1.42. The summed E-state index contributed by atoms with van der Waals surface area (Å²) >= 11 is 2.99. The molecule has 0 aliphatic rings. The van der Waals surface area contributed by atoms with Gasteiger partial charge in [-0.1, -0.05) is 22.9 Å². The maximum atomic E-state index is 11.6. The molecule has 14 heavy (non-hydrogen) atoms. The van der Waals surface area contributed by atoms with Crippen LogP contribution < -0.4 is 0 Å². The Morgan fingerprint density at radius 2 is 2.07 bits per heavy atom. The van der Waals surface area contributed by atoms with E-state index < -0.39 is 10.0 Å². The van der Waals surface area contributed by atoms with Crippen LogP contribution in [0.1, 0.15) is 20.3 Å². The van der Waals surface area contributed by atoms with Crippen molar-refractivity contribution in [3.05, 3.63) is 0 Å². The van der Waals surface area contributed by atoms with Gasteiger partial charge >= 0.3 is 0 Å². The second-order valence-electron chi connectivity index (χ2n) is 3.08. The molecule has 0 aromatic heterocycles. The molecule has 0 rings (SSSR count). The summed E-state index contributed by atoms with van der Waals surface area (Å²) in [7, 11) is -1.61. The second-order valence-corrected chi connectivity index (χ2v) is 6.31. The predicted molar refractivity (Wildman–Crippen MR) is 61.0 cm³/mol. The average molecular weight is 288 g/mol. The standard InChI is InChI=1S/C8H18BrNO3S/c1-4-8(2)10(5-6-13-3)14(11,12)7-9/h8H,4-7H2,1-3H3. The van der Waals surface area contributed by atoms with Gasteiger partial charge in [0.2, 0.25) is 10.0 Å². The van der Waals surface area contributed by atoms with Gasteiger partial charge in [0, 0.05) is 19.7 Å². The molecule has 0 N–H and O–H groups in total. The van der Waals surface area contributed by atoms with E-state index in [1.807, 2.05) is 13.8 Å². The molecule has 0 aliphatic carbocycles. The van der Waals surface area contributed by atoms with Gasteiger partial charge in [0.1, 0.15) is 4.66 Å². The van der Waals surface area contributed by atoms with Crippen LogP contribution in [0.25, 0.3) is 0 Å². The Kier molecular flexibility index (Phi) is 6.93. The molecule has 0 aromatic rings. The van der Waals surface area contributed by atoms with Crippen molar-refractivity contribution in [2.24, 2.45) is 0 Å². The minimum atomic E-state index is -3.17. The fourth-order valence-electron chi connectivity index (χ4n) is 1.08. The van der Waals surface area contributed by atoms with Gasteiger partial charge in [0.25, 0.3) is 0 Å². The molecule has 0 amide bonds.